The van der Waals surface area contributed by atoms with Crippen molar-refractivity contribution in [1.29, 1.82) is 0 Å². The van der Waals surface area contributed by atoms with Crippen LogP contribution < -0.4 is 10.6 Å². The number of aryl methyl sites for hydroxylation is 1. The lowest BCUT2D eigenvalue weighted by atomic mass is 10.1. The molecule has 0 atom stereocenters. The molecule has 0 saturated carbocycles. The quantitative estimate of drug-likeness (QED) is 0.299. The lowest BCUT2D eigenvalue weighted by Gasteiger charge is -2.13. The average Bonchev–Trinajstić information content (AvgIpc) is 3.18. The number of imidazole rings is 1. The molecule has 28 heavy (non-hydrogen) atoms. The number of aromatic nitrogens is 2. The molecular weight excluding hydrogens is 461 g/mol. The second-order valence-electron chi connectivity index (χ2n) is 6.53. The van der Waals surface area contributed by atoms with Gasteiger partial charge in [0.05, 0.1) is 12.9 Å². The number of benzene rings is 2. The molecule has 0 spiro atoms. The van der Waals surface area contributed by atoms with Crippen LogP contribution in [0.15, 0.2) is 72.2 Å². The first-order valence-corrected chi connectivity index (χ1v) is 9.35. The van der Waals surface area contributed by atoms with Gasteiger partial charge in [0.1, 0.15) is 0 Å². The first-order valence-electron chi connectivity index (χ1n) is 9.35. The first-order chi connectivity index (χ1) is 13.2. The Bertz CT molecular complexity index is 874. The van der Waals surface area contributed by atoms with Gasteiger partial charge in [0, 0.05) is 32.0 Å². The van der Waals surface area contributed by atoms with E-state index in [1.165, 1.54) is 22.3 Å². The summed E-state index contributed by atoms with van der Waals surface area (Å²) < 4.78 is 2.07. The van der Waals surface area contributed by atoms with E-state index in [1.54, 1.807) is 6.20 Å². The maximum absolute atomic E-state index is 4.74. The maximum Gasteiger partial charge on any atom is 0.191 e. The highest BCUT2D eigenvalue weighted by molar-refractivity contribution is 14.0. The normalized spacial score (nSPS) is 11.0. The number of nitrogens with one attached hydrogen (secondary N) is 2. The Morgan fingerprint density at radius 3 is 2.64 bits per heavy atom. The van der Waals surface area contributed by atoms with Crippen LogP contribution in [-0.2, 0) is 19.6 Å². The number of hydrogen-bond donors (Lipinski definition) is 2. The first kappa shape index (κ1) is 21.9. The summed E-state index contributed by atoms with van der Waals surface area (Å²) in [5.74, 6) is 0.834. The molecule has 0 saturated heterocycles. The molecule has 6 heteroatoms. The third kappa shape index (κ3) is 6.67. The highest BCUT2D eigenvalue weighted by atomic mass is 127. The molecule has 1 aromatic heterocycles. The molecule has 1 heterocycles. The Kier molecular flexibility index (Phi) is 9.00. The lowest BCUT2D eigenvalue weighted by molar-refractivity contribution is 0.793. The minimum absolute atomic E-state index is 0. The van der Waals surface area contributed by atoms with Gasteiger partial charge in [-0.3, -0.25) is 0 Å². The number of guanidine groups is 1. The van der Waals surface area contributed by atoms with Gasteiger partial charge in [-0.15, -0.1) is 24.0 Å². The van der Waals surface area contributed by atoms with E-state index in [9.17, 15) is 0 Å². The number of aliphatic imine (C=N–C) groups is 1. The summed E-state index contributed by atoms with van der Waals surface area (Å²) in [6.45, 7) is 7.27. The summed E-state index contributed by atoms with van der Waals surface area (Å²) in [5.41, 5.74) is 5.01. The Balaban J connectivity index is 0.00000280. The molecular formula is C22H28IN5. The minimum Gasteiger partial charge on any atom is -0.357 e. The minimum atomic E-state index is 0. The SMILES string of the molecule is CCNC(=NCc1cccc(Cn2ccnc2)c1)NCc1ccccc1C.I. The van der Waals surface area contributed by atoms with Crippen LogP contribution in [0.1, 0.15) is 29.2 Å². The van der Waals surface area contributed by atoms with E-state index < -0.39 is 0 Å². The van der Waals surface area contributed by atoms with Gasteiger partial charge in [0.2, 0.25) is 0 Å². The molecule has 0 amide bonds. The van der Waals surface area contributed by atoms with Crippen molar-refractivity contribution in [3.8, 4) is 0 Å². The van der Waals surface area contributed by atoms with E-state index >= 15 is 0 Å². The van der Waals surface area contributed by atoms with E-state index in [1.807, 2.05) is 12.5 Å². The molecule has 3 aromatic rings. The molecule has 148 valence electrons. The average molecular weight is 489 g/mol. The van der Waals surface area contributed by atoms with Crippen LogP contribution in [-0.4, -0.2) is 22.1 Å². The van der Waals surface area contributed by atoms with Gasteiger partial charge in [-0.25, -0.2) is 9.98 Å². The van der Waals surface area contributed by atoms with Gasteiger partial charge in [-0.05, 0) is 36.1 Å². The van der Waals surface area contributed by atoms with Gasteiger partial charge < -0.3 is 15.2 Å². The molecule has 0 radical (unpaired) electrons. The summed E-state index contributed by atoms with van der Waals surface area (Å²) in [4.78, 5) is 8.84. The van der Waals surface area contributed by atoms with Crippen LogP contribution in [0, 0.1) is 6.92 Å². The molecule has 0 unspecified atom stereocenters. The van der Waals surface area contributed by atoms with Crippen molar-refractivity contribution in [2.24, 2.45) is 4.99 Å². The van der Waals surface area contributed by atoms with E-state index in [0.29, 0.717) is 6.54 Å². The number of halogens is 1. The van der Waals surface area contributed by atoms with Crippen LogP contribution in [0.25, 0.3) is 0 Å². The summed E-state index contributed by atoms with van der Waals surface area (Å²) in [6, 6.07) is 17.0. The van der Waals surface area contributed by atoms with Crippen LogP contribution in [0.5, 0.6) is 0 Å². The maximum atomic E-state index is 4.74. The Morgan fingerprint density at radius 1 is 1.07 bits per heavy atom. The largest absolute Gasteiger partial charge is 0.357 e. The van der Waals surface area contributed by atoms with Crippen molar-refractivity contribution >= 4 is 29.9 Å². The Morgan fingerprint density at radius 2 is 1.89 bits per heavy atom. The van der Waals surface area contributed by atoms with Crippen LogP contribution in [0.2, 0.25) is 0 Å². The number of nitrogens with zero attached hydrogens (tertiary/aromatic N) is 3. The summed E-state index contributed by atoms with van der Waals surface area (Å²) in [7, 11) is 0. The molecule has 3 rings (SSSR count). The number of hydrogen-bond acceptors (Lipinski definition) is 2. The van der Waals surface area contributed by atoms with Crippen LogP contribution in [0.3, 0.4) is 0 Å². The van der Waals surface area contributed by atoms with Gasteiger partial charge in [-0.1, -0.05) is 48.5 Å². The fraction of sp³-hybridized carbons (Fsp3) is 0.273. The number of rotatable bonds is 7. The lowest BCUT2D eigenvalue weighted by Crippen LogP contribution is -2.36. The van der Waals surface area contributed by atoms with Crippen molar-refractivity contribution in [2.75, 3.05) is 6.54 Å². The zero-order valence-electron chi connectivity index (χ0n) is 16.4. The highest BCUT2D eigenvalue weighted by Crippen LogP contribution is 2.09. The predicted octanol–water partition coefficient (Wildman–Crippen LogP) is 4.11. The molecule has 0 aliphatic heterocycles. The van der Waals surface area contributed by atoms with Crippen LogP contribution in [0.4, 0.5) is 0 Å². The van der Waals surface area contributed by atoms with E-state index in [0.717, 1.165) is 25.6 Å². The van der Waals surface area contributed by atoms with Crippen molar-refractivity contribution in [3.05, 3.63) is 89.5 Å². The molecule has 0 bridgehead atoms. The van der Waals surface area contributed by atoms with Gasteiger partial charge >= 0.3 is 0 Å². The molecule has 0 aliphatic carbocycles. The van der Waals surface area contributed by atoms with E-state index in [2.05, 4.69) is 82.6 Å². The fourth-order valence-corrected chi connectivity index (χ4v) is 2.92. The molecule has 5 nitrogen and oxygen atoms in total. The Labute approximate surface area is 184 Å². The molecule has 0 fully saturated rings. The van der Waals surface area contributed by atoms with Crippen molar-refractivity contribution in [3.63, 3.8) is 0 Å². The van der Waals surface area contributed by atoms with Crippen molar-refractivity contribution in [1.82, 2.24) is 20.2 Å². The van der Waals surface area contributed by atoms with Crippen molar-refractivity contribution < 1.29 is 0 Å². The molecule has 2 N–H and O–H groups in total. The predicted molar refractivity (Wildman–Crippen MR) is 126 cm³/mol. The summed E-state index contributed by atoms with van der Waals surface area (Å²) in [5, 5.41) is 6.75. The van der Waals surface area contributed by atoms with Crippen molar-refractivity contribution in [2.45, 2.75) is 33.5 Å². The summed E-state index contributed by atoms with van der Waals surface area (Å²) in [6.07, 6.45) is 5.62. The van der Waals surface area contributed by atoms with Gasteiger partial charge in [-0.2, -0.15) is 0 Å². The second-order valence-corrected chi connectivity index (χ2v) is 6.53. The zero-order chi connectivity index (χ0) is 18.9. The van der Waals surface area contributed by atoms with E-state index in [4.69, 9.17) is 4.99 Å². The highest BCUT2D eigenvalue weighted by Gasteiger charge is 2.02. The third-order valence-corrected chi connectivity index (χ3v) is 4.39. The zero-order valence-corrected chi connectivity index (χ0v) is 18.8. The topological polar surface area (TPSA) is 54.2 Å². The Hall–Kier alpha value is -2.35. The third-order valence-electron chi connectivity index (χ3n) is 4.39. The monoisotopic (exact) mass is 489 g/mol. The second kappa shape index (κ2) is 11.5. The standard InChI is InChI=1S/C22H27N5.HI/c1-3-24-22(26-15-21-10-5-4-7-18(21)2)25-14-19-8-6-9-20(13-19)16-27-12-11-23-17-27;/h4-13,17H,3,14-16H2,1-2H3,(H2,24,25,26);1H. The van der Waals surface area contributed by atoms with Crippen LogP contribution >= 0.6 is 24.0 Å². The van der Waals surface area contributed by atoms with Gasteiger partial charge in [0.25, 0.3) is 0 Å². The van der Waals surface area contributed by atoms with E-state index in [-0.39, 0.29) is 24.0 Å². The molecule has 0 aliphatic rings. The summed E-state index contributed by atoms with van der Waals surface area (Å²) >= 11 is 0. The fourth-order valence-electron chi connectivity index (χ4n) is 2.92. The smallest absolute Gasteiger partial charge is 0.191 e. The molecule has 2 aromatic carbocycles. The van der Waals surface area contributed by atoms with Gasteiger partial charge in [0.15, 0.2) is 5.96 Å².